The largest absolute Gasteiger partial charge is 0.296 e. The molecule has 0 spiro atoms. The summed E-state index contributed by atoms with van der Waals surface area (Å²) in [7, 11) is 0. The van der Waals surface area contributed by atoms with Gasteiger partial charge in [0.15, 0.2) is 0 Å². The Morgan fingerprint density at radius 1 is 0.957 bits per heavy atom. The molecule has 2 nitrogen and oxygen atoms in total. The average molecular weight is 302 g/mol. The first kappa shape index (κ1) is 14.5. The van der Waals surface area contributed by atoms with Gasteiger partial charge in [0.1, 0.15) is 0 Å². The zero-order valence-electron chi connectivity index (χ0n) is 13.4. The topological polar surface area (TPSA) is 27.0 Å². The van der Waals surface area contributed by atoms with Gasteiger partial charge in [-0.1, -0.05) is 36.4 Å². The van der Waals surface area contributed by atoms with Gasteiger partial charge in [-0.2, -0.15) is 5.26 Å². The molecule has 23 heavy (non-hydrogen) atoms. The van der Waals surface area contributed by atoms with Crippen LogP contribution in [0.2, 0.25) is 0 Å². The van der Waals surface area contributed by atoms with Crippen LogP contribution >= 0.6 is 0 Å². The Balaban J connectivity index is 1.55. The fourth-order valence-electron chi connectivity index (χ4n) is 4.21. The molecule has 3 aliphatic rings. The maximum atomic E-state index is 8.94. The van der Waals surface area contributed by atoms with E-state index in [4.69, 9.17) is 5.26 Å². The maximum absolute atomic E-state index is 8.94. The molecule has 2 aliphatic heterocycles. The van der Waals surface area contributed by atoms with E-state index in [2.05, 4.69) is 47.4 Å². The van der Waals surface area contributed by atoms with E-state index in [1.807, 2.05) is 12.1 Å². The van der Waals surface area contributed by atoms with E-state index < -0.39 is 0 Å². The minimum absolute atomic E-state index is 0.656. The molecule has 116 valence electrons. The van der Waals surface area contributed by atoms with Crippen molar-refractivity contribution in [3.05, 3.63) is 70.8 Å². The first-order valence-electron chi connectivity index (χ1n) is 8.61. The molecule has 0 unspecified atom stereocenters. The molecular formula is C21H22N2. The van der Waals surface area contributed by atoms with Gasteiger partial charge in [0.25, 0.3) is 0 Å². The van der Waals surface area contributed by atoms with Crippen LogP contribution in [0.15, 0.2) is 48.5 Å². The zero-order chi connectivity index (χ0) is 15.6. The highest BCUT2D eigenvalue weighted by atomic mass is 15.2. The zero-order valence-corrected chi connectivity index (χ0v) is 13.4. The quantitative estimate of drug-likeness (QED) is 0.840. The minimum Gasteiger partial charge on any atom is -0.296 e. The fraction of sp³-hybridized carbons (Fsp3) is 0.381. The van der Waals surface area contributed by atoms with Gasteiger partial charge in [0.05, 0.1) is 11.6 Å². The van der Waals surface area contributed by atoms with Gasteiger partial charge in [0.2, 0.25) is 0 Å². The van der Waals surface area contributed by atoms with E-state index in [-0.39, 0.29) is 0 Å². The summed E-state index contributed by atoms with van der Waals surface area (Å²) in [6.45, 7) is 2.22. The molecule has 1 aliphatic carbocycles. The van der Waals surface area contributed by atoms with Crippen molar-refractivity contribution in [2.24, 2.45) is 5.92 Å². The summed E-state index contributed by atoms with van der Waals surface area (Å²) in [5.74, 6) is 0.783. The SMILES string of the molecule is N#Cc1ccc(CN2C[C@@H]3CC[C@@H]2Cc2ccccc2C3)cc1. The molecule has 1 fully saturated rings. The third-order valence-corrected chi connectivity index (χ3v) is 5.47. The van der Waals surface area contributed by atoms with Gasteiger partial charge in [-0.05, 0) is 60.4 Å². The van der Waals surface area contributed by atoms with Crippen molar-refractivity contribution in [3.63, 3.8) is 0 Å². The molecule has 0 aromatic heterocycles. The van der Waals surface area contributed by atoms with E-state index in [0.29, 0.717) is 6.04 Å². The number of nitrogens with zero attached hydrogens (tertiary/aromatic N) is 2. The third-order valence-electron chi connectivity index (χ3n) is 5.47. The summed E-state index contributed by atoms with van der Waals surface area (Å²) in [5, 5.41) is 8.94. The van der Waals surface area contributed by atoms with E-state index >= 15 is 0 Å². The first-order chi connectivity index (χ1) is 11.3. The Morgan fingerprint density at radius 2 is 1.70 bits per heavy atom. The Bertz CT molecular complexity index is 726. The standard InChI is InChI=1S/C21H22N2/c22-13-16-5-7-17(8-6-16)14-23-15-18-9-10-21(23)12-20-4-2-1-3-19(20)11-18/h1-8,18,21H,9-12,14-15H2/t18-,21-/m1/s1. The van der Waals surface area contributed by atoms with Crippen LogP contribution in [0.25, 0.3) is 0 Å². The van der Waals surface area contributed by atoms with E-state index in [1.54, 1.807) is 11.1 Å². The van der Waals surface area contributed by atoms with Crippen molar-refractivity contribution in [2.45, 2.75) is 38.3 Å². The number of fused-ring (bicyclic) bond motifs is 2. The molecule has 0 amide bonds. The molecule has 0 N–H and O–H groups in total. The van der Waals surface area contributed by atoms with Gasteiger partial charge in [-0.15, -0.1) is 0 Å². The predicted molar refractivity (Wildman–Crippen MR) is 91.9 cm³/mol. The van der Waals surface area contributed by atoms with Crippen molar-refractivity contribution in [2.75, 3.05) is 6.54 Å². The molecule has 2 bridgehead atoms. The number of hydrogen-bond acceptors (Lipinski definition) is 2. The van der Waals surface area contributed by atoms with Gasteiger partial charge >= 0.3 is 0 Å². The Hall–Kier alpha value is -2.11. The van der Waals surface area contributed by atoms with Crippen LogP contribution in [0.5, 0.6) is 0 Å². The number of rotatable bonds is 2. The van der Waals surface area contributed by atoms with Crippen LogP contribution in [0.3, 0.4) is 0 Å². The monoisotopic (exact) mass is 302 g/mol. The van der Waals surface area contributed by atoms with Crippen LogP contribution in [-0.2, 0) is 19.4 Å². The summed E-state index contributed by atoms with van der Waals surface area (Å²) in [4.78, 5) is 2.67. The number of hydrogen-bond donors (Lipinski definition) is 0. The highest BCUT2D eigenvalue weighted by Gasteiger charge is 2.31. The molecule has 2 heterocycles. The maximum Gasteiger partial charge on any atom is 0.0991 e. The van der Waals surface area contributed by atoms with Crippen molar-refractivity contribution in [3.8, 4) is 6.07 Å². The summed E-state index contributed by atoms with van der Waals surface area (Å²) in [6.07, 6.45) is 5.09. The van der Waals surface area contributed by atoms with Crippen molar-refractivity contribution >= 4 is 0 Å². The molecule has 2 atom stereocenters. The molecule has 1 saturated heterocycles. The van der Waals surface area contributed by atoms with Crippen molar-refractivity contribution in [1.82, 2.24) is 4.90 Å². The lowest BCUT2D eigenvalue weighted by Gasteiger charge is -2.42. The average Bonchev–Trinajstić information content (AvgIpc) is 2.56. The molecule has 5 rings (SSSR count). The van der Waals surface area contributed by atoms with Crippen LogP contribution in [0.1, 0.15) is 35.1 Å². The van der Waals surface area contributed by atoms with E-state index in [0.717, 1.165) is 18.0 Å². The second-order valence-corrected chi connectivity index (χ2v) is 7.01. The van der Waals surface area contributed by atoms with Gasteiger partial charge in [-0.25, -0.2) is 0 Å². The second kappa shape index (κ2) is 6.18. The summed E-state index contributed by atoms with van der Waals surface area (Å²) in [6, 6.07) is 19.9. The third kappa shape index (κ3) is 3.02. The summed E-state index contributed by atoms with van der Waals surface area (Å²) >= 11 is 0. The summed E-state index contributed by atoms with van der Waals surface area (Å²) < 4.78 is 0. The Morgan fingerprint density at radius 3 is 2.43 bits per heavy atom. The molecule has 2 aromatic carbocycles. The van der Waals surface area contributed by atoms with E-state index in [1.165, 1.54) is 37.8 Å². The first-order valence-corrected chi connectivity index (χ1v) is 8.61. The highest BCUT2D eigenvalue weighted by Crippen LogP contribution is 2.33. The lowest BCUT2D eigenvalue weighted by atomic mass is 9.80. The lowest BCUT2D eigenvalue weighted by Crippen LogP contribution is -2.46. The van der Waals surface area contributed by atoms with Gasteiger partial charge in [-0.3, -0.25) is 4.90 Å². The normalized spacial score (nSPS) is 23.6. The molecular weight excluding hydrogens is 280 g/mol. The number of benzene rings is 2. The highest BCUT2D eigenvalue weighted by molar-refractivity contribution is 5.32. The lowest BCUT2D eigenvalue weighted by molar-refractivity contribution is 0.0938. The number of piperidine rings is 1. The van der Waals surface area contributed by atoms with Crippen LogP contribution in [-0.4, -0.2) is 17.5 Å². The Labute approximate surface area is 138 Å². The minimum atomic E-state index is 0.656. The van der Waals surface area contributed by atoms with E-state index in [9.17, 15) is 0 Å². The van der Waals surface area contributed by atoms with Gasteiger partial charge < -0.3 is 0 Å². The van der Waals surface area contributed by atoms with Crippen molar-refractivity contribution in [1.29, 1.82) is 5.26 Å². The molecule has 2 heteroatoms. The number of nitriles is 1. The predicted octanol–water partition coefficient (Wildman–Crippen LogP) is 3.94. The van der Waals surface area contributed by atoms with Gasteiger partial charge in [0, 0.05) is 19.1 Å². The second-order valence-electron chi connectivity index (χ2n) is 7.01. The van der Waals surface area contributed by atoms with Crippen LogP contribution < -0.4 is 0 Å². The van der Waals surface area contributed by atoms with Crippen LogP contribution in [0, 0.1) is 17.2 Å². The van der Waals surface area contributed by atoms with Crippen LogP contribution in [0.4, 0.5) is 0 Å². The smallest absolute Gasteiger partial charge is 0.0991 e. The fourth-order valence-corrected chi connectivity index (χ4v) is 4.21. The molecule has 0 radical (unpaired) electrons. The Kier molecular flexibility index (Phi) is 3.89. The summed E-state index contributed by atoms with van der Waals surface area (Å²) in [5.41, 5.74) is 5.19. The molecule has 0 saturated carbocycles. The molecule has 2 aromatic rings. The van der Waals surface area contributed by atoms with Crippen molar-refractivity contribution < 1.29 is 0 Å².